The average Bonchev–Trinajstić information content (AvgIpc) is 2.71. The predicted octanol–water partition coefficient (Wildman–Crippen LogP) is 2.29. The fourth-order valence-corrected chi connectivity index (χ4v) is 3.15. The number of ether oxygens (including phenoxy) is 1. The Labute approximate surface area is 190 Å². The van der Waals surface area contributed by atoms with Gasteiger partial charge in [-0.2, -0.15) is 12.6 Å². The van der Waals surface area contributed by atoms with E-state index in [9.17, 15) is 19.5 Å². The summed E-state index contributed by atoms with van der Waals surface area (Å²) >= 11 is 4.20. The Morgan fingerprint density at radius 1 is 1.19 bits per heavy atom. The molecule has 3 N–H and O–H groups in total. The Morgan fingerprint density at radius 3 is 2.35 bits per heavy atom. The number of benzene rings is 1. The lowest BCUT2D eigenvalue weighted by atomic mass is 10.0. The van der Waals surface area contributed by atoms with Crippen molar-refractivity contribution in [1.82, 2.24) is 15.5 Å². The quantitative estimate of drug-likeness (QED) is 0.304. The van der Waals surface area contributed by atoms with Crippen molar-refractivity contribution in [2.45, 2.75) is 58.2 Å². The number of alkyl carbamates (subject to hydrolysis) is 1. The molecule has 0 aliphatic rings. The van der Waals surface area contributed by atoms with Crippen LogP contribution in [0.25, 0.3) is 0 Å². The fraction of sp³-hybridized carbons (Fsp3) is 0.591. The number of carbonyl (C=O) groups excluding carboxylic acids is 3. The van der Waals surface area contributed by atoms with E-state index >= 15 is 0 Å². The second-order valence-electron chi connectivity index (χ2n) is 8.09. The molecule has 1 aromatic rings. The van der Waals surface area contributed by atoms with Gasteiger partial charge in [0.25, 0.3) is 0 Å². The molecule has 0 bridgehead atoms. The molecule has 9 heteroatoms. The molecule has 0 saturated carbocycles. The van der Waals surface area contributed by atoms with Crippen molar-refractivity contribution in [3.05, 3.63) is 35.9 Å². The Hall–Kier alpha value is -2.26. The topological polar surface area (TPSA) is 108 Å². The van der Waals surface area contributed by atoms with Gasteiger partial charge in [-0.05, 0) is 32.8 Å². The summed E-state index contributed by atoms with van der Waals surface area (Å²) in [5, 5.41) is 15.0. The first kappa shape index (κ1) is 26.8. The summed E-state index contributed by atoms with van der Waals surface area (Å²) in [5.41, 5.74) is -0.126. The summed E-state index contributed by atoms with van der Waals surface area (Å²) in [6.07, 6.45) is 0.963. The molecule has 0 aliphatic heterocycles. The SMILES string of the molecule is CCCCNC(=O)C(c1ccccc1)N(CCO)C(=O)C(CS)NC(=O)OC(C)(C)C. The van der Waals surface area contributed by atoms with Gasteiger partial charge in [0.15, 0.2) is 0 Å². The van der Waals surface area contributed by atoms with Crippen LogP contribution in [0.4, 0.5) is 4.79 Å². The number of nitrogens with one attached hydrogen (secondary N) is 2. The van der Waals surface area contributed by atoms with E-state index in [2.05, 4.69) is 23.3 Å². The number of carbonyl (C=O) groups is 3. The monoisotopic (exact) mass is 453 g/mol. The van der Waals surface area contributed by atoms with Gasteiger partial charge in [-0.25, -0.2) is 4.79 Å². The van der Waals surface area contributed by atoms with Gasteiger partial charge in [-0.3, -0.25) is 9.59 Å². The highest BCUT2D eigenvalue weighted by molar-refractivity contribution is 7.80. The number of thiol groups is 1. The molecule has 0 aromatic heterocycles. The first-order valence-electron chi connectivity index (χ1n) is 10.5. The number of nitrogens with zero attached hydrogens (tertiary/aromatic N) is 1. The van der Waals surface area contributed by atoms with E-state index < -0.39 is 29.7 Å². The van der Waals surface area contributed by atoms with Crippen LogP contribution >= 0.6 is 12.6 Å². The van der Waals surface area contributed by atoms with E-state index in [1.54, 1.807) is 45.0 Å². The second kappa shape index (κ2) is 13.2. The zero-order valence-corrected chi connectivity index (χ0v) is 19.7. The number of aliphatic hydroxyl groups excluding tert-OH is 1. The molecule has 0 saturated heterocycles. The maximum Gasteiger partial charge on any atom is 0.408 e. The highest BCUT2D eigenvalue weighted by atomic mass is 32.1. The van der Waals surface area contributed by atoms with Crippen LogP contribution in [0.1, 0.15) is 52.1 Å². The third-order valence-corrected chi connectivity index (χ3v) is 4.67. The van der Waals surface area contributed by atoms with Gasteiger partial charge >= 0.3 is 6.09 Å². The predicted molar refractivity (Wildman–Crippen MR) is 123 cm³/mol. The van der Waals surface area contributed by atoms with E-state index in [1.165, 1.54) is 4.90 Å². The van der Waals surface area contributed by atoms with Gasteiger partial charge in [-0.1, -0.05) is 43.7 Å². The third-order valence-electron chi connectivity index (χ3n) is 4.30. The normalized spacial score (nSPS) is 13.1. The van der Waals surface area contributed by atoms with Crippen LogP contribution in [0, 0.1) is 0 Å². The number of hydrogen-bond donors (Lipinski definition) is 4. The van der Waals surface area contributed by atoms with Crippen molar-refractivity contribution in [2.24, 2.45) is 0 Å². The molecule has 1 rings (SSSR count). The Kier molecular flexibility index (Phi) is 11.4. The van der Waals surface area contributed by atoms with Gasteiger partial charge < -0.3 is 25.4 Å². The summed E-state index contributed by atoms with van der Waals surface area (Å²) in [7, 11) is 0. The number of aliphatic hydroxyl groups is 1. The van der Waals surface area contributed by atoms with Crippen molar-refractivity contribution in [1.29, 1.82) is 0 Å². The molecule has 8 nitrogen and oxygen atoms in total. The Bertz CT molecular complexity index is 709. The lowest BCUT2D eigenvalue weighted by Crippen LogP contribution is -2.54. The smallest absolute Gasteiger partial charge is 0.408 e. The molecule has 0 radical (unpaired) electrons. The maximum absolute atomic E-state index is 13.3. The molecule has 2 unspecified atom stereocenters. The van der Waals surface area contributed by atoms with Gasteiger partial charge in [0.2, 0.25) is 11.8 Å². The third kappa shape index (κ3) is 9.18. The number of amides is 3. The zero-order chi connectivity index (χ0) is 23.4. The van der Waals surface area contributed by atoms with Gasteiger partial charge in [0.1, 0.15) is 17.7 Å². The molecule has 0 spiro atoms. The van der Waals surface area contributed by atoms with E-state index in [0.717, 1.165) is 12.8 Å². The minimum atomic E-state index is -1.03. The molecule has 0 aliphatic carbocycles. The van der Waals surface area contributed by atoms with Crippen LogP contribution in [-0.2, 0) is 14.3 Å². The van der Waals surface area contributed by atoms with Crippen molar-refractivity contribution >= 4 is 30.5 Å². The lowest BCUT2D eigenvalue weighted by Gasteiger charge is -2.33. The van der Waals surface area contributed by atoms with E-state index in [-0.39, 0.29) is 24.8 Å². The Morgan fingerprint density at radius 2 is 1.84 bits per heavy atom. The van der Waals surface area contributed by atoms with Crippen molar-refractivity contribution in [2.75, 3.05) is 25.4 Å². The lowest BCUT2D eigenvalue weighted by molar-refractivity contribution is -0.142. The standard InChI is InChI=1S/C22H35N3O5S/c1-5-6-12-23-19(27)18(16-10-8-7-9-11-16)25(13-14-26)20(28)17(15-31)24-21(29)30-22(2,3)4/h7-11,17-18,26,31H,5-6,12-15H2,1-4H3,(H,23,27)(H,24,29). The molecule has 174 valence electrons. The molecule has 3 amide bonds. The molecule has 31 heavy (non-hydrogen) atoms. The molecule has 0 fully saturated rings. The van der Waals surface area contributed by atoms with Gasteiger partial charge in [0, 0.05) is 18.8 Å². The van der Waals surface area contributed by atoms with E-state index in [0.29, 0.717) is 12.1 Å². The Balaban J connectivity index is 3.18. The van der Waals surface area contributed by atoms with Crippen molar-refractivity contribution < 1.29 is 24.2 Å². The molecular formula is C22H35N3O5S. The zero-order valence-electron chi connectivity index (χ0n) is 18.8. The summed E-state index contributed by atoms with van der Waals surface area (Å²) in [6.45, 7) is 7.22. The van der Waals surface area contributed by atoms with Crippen LogP contribution < -0.4 is 10.6 Å². The summed E-state index contributed by atoms with van der Waals surface area (Å²) in [5.74, 6) is -0.884. The van der Waals surface area contributed by atoms with Crippen molar-refractivity contribution in [3.63, 3.8) is 0 Å². The number of rotatable bonds is 11. The summed E-state index contributed by atoms with van der Waals surface area (Å²) < 4.78 is 5.23. The number of hydrogen-bond acceptors (Lipinski definition) is 6. The molecule has 0 heterocycles. The van der Waals surface area contributed by atoms with Crippen molar-refractivity contribution in [3.8, 4) is 0 Å². The summed E-state index contributed by atoms with van der Waals surface area (Å²) in [4.78, 5) is 39.8. The highest BCUT2D eigenvalue weighted by Crippen LogP contribution is 2.22. The first-order chi connectivity index (χ1) is 14.6. The van der Waals surface area contributed by atoms with E-state index in [4.69, 9.17) is 4.74 Å². The average molecular weight is 454 g/mol. The van der Waals surface area contributed by atoms with Gasteiger partial charge in [0.05, 0.1) is 6.61 Å². The first-order valence-corrected chi connectivity index (χ1v) is 11.1. The van der Waals surface area contributed by atoms with Crippen LogP contribution in [0.3, 0.4) is 0 Å². The highest BCUT2D eigenvalue weighted by Gasteiger charge is 2.35. The number of unbranched alkanes of at least 4 members (excludes halogenated alkanes) is 1. The van der Waals surface area contributed by atoms with E-state index in [1.807, 2.05) is 13.0 Å². The minimum Gasteiger partial charge on any atom is -0.444 e. The summed E-state index contributed by atoms with van der Waals surface area (Å²) in [6, 6.07) is 6.88. The molecule has 1 aromatic carbocycles. The molecule has 2 atom stereocenters. The second-order valence-corrected chi connectivity index (χ2v) is 8.46. The minimum absolute atomic E-state index is 0.00102. The van der Waals surface area contributed by atoms with Crippen LogP contribution in [-0.4, -0.2) is 65.0 Å². The van der Waals surface area contributed by atoms with Gasteiger partial charge in [-0.15, -0.1) is 0 Å². The van der Waals surface area contributed by atoms with Crippen LogP contribution in [0.5, 0.6) is 0 Å². The maximum atomic E-state index is 13.3. The van der Waals surface area contributed by atoms with Crippen LogP contribution in [0.2, 0.25) is 0 Å². The molecular weight excluding hydrogens is 418 g/mol. The largest absolute Gasteiger partial charge is 0.444 e. The van der Waals surface area contributed by atoms with Crippen LogP contribution in [0.15, 0.2) is 30.3 Å². The fourth-order valence-electron chi connectivity index (χ4n) is 2.90.